The number of amidine groups is 1. The summed E-state index contributed by atoms with van der Waals surface area (Å²) in [6, 6.07) is 11.8. The van der Waals surface area contributed by atoms with Crippen LogP contribution in [0.3, 0.4) is 0 Å². The number of anilines is 1. The highest BCUT2D eigenvalue weighted by atomic mass is 35.5. The molecular formula is C20H19ClN4OS. The molecule has 1 fully saturated rings. The standard InChI is InChI=1S/C20H19ClN4OS/c1-14-4-6-15(7-5-14)13-17-19(26)23-20(27-17)25-11-9-24(10-12-25)18-16(21)3-2-8-22-18/h2-8,13H,9-12H2,1H3. The predicted octanol–water partition coefficient (Wildman–Crippen LogP) is 3.84. The number of rotatable bonds is 2. The molecule has 3 heterocycles. The predicted molar refractivity (Wildman–Crippen MR) is 112 cm³/mol. The first-order chi connectivity index (χ1) is 13.1. The van der Waals surface area contributed by atoms with E-state index in [1.54, 1.807) is 6.20 Å². The summed E-state index contributed by atoms with van der Waals surface area (Å²) in [6.45, 7) is 5.20. The number of nitrogens with zero attached hydrogens (tertiary/aromatic N) is 4. The van der Waals surface area contributed by atoms with Crippen LogP contribution < -0.4 is 4.90 Å². The van der Waals surface area contributed by atoms with Gasteiger partial charge in [0, 0.05) is 32.4 Å². The van der Waals surface area contributed by atoms with Crippen LogP contribution in [-0.2, 0) is 4.79 Å². The number of thioether (sulfide) groups is 1. The SMILES string of the molecule is Cc1ccc(C=C2SC(N3CCN(c4ncccc4Cl)CC3)=NC2=O)cc1. The molecule has 1 saturated heterocycles. The van der Waals surface area contributed by atoms with Gasteiger partial charge in [-0.05, 0) is 42.5 Å². The van der Waals surface area contributed by atoms with Crippen molar-refractivity contribution in [1.82, 2.24) is 9.88 Å². The largest absolute Gasteiger partial charge is 0.352 e. The van der Waals surface area contributed by atoms with Crippen molar-refractivity contribution in [1.29, 1.82) is 0 Å². The third-order valence-corrected chi connectivity index (χ3v) is 5.91. The number of aromatic nitrogens is 1. The van der Waals surface area contributed by atoms with E-state index in [2.05, 4.69) is 19.8 Å². The summed E-state index contributed by atoms with van der Waals surface area (Å²) in [5.41, 5.74) is 2.22. The van der Waals surface area contributed by atoms with Gasteiger partial charge in [-0.1, -0.05) is 41.4 Å². The molecule has 1 aromatic carbocycles. The van der Waals surface area contributed by atoms with Gasteiger partial charge in [0.15, 0.2) is 5.17 Å². The molecule has 4 rings (SSSR count). The van der Waals surface area contributed by atoms with Crippen molar-refractivity contribution >= 4 is 46.3 Å². The monoisotopic (exact) mass is 398 g/mol. The maximum absolute atomic E-state index is 12.3. The summed E-state index contributed by atoms with van der Waals surface area (Å²) >= 11 is 7.70. The van der Waals surface area contributed by atoms with Crippen molar-refractivity contribution < 1.29 is 4.79 Å². The first kappa shape index (κ1) is 18.1. The number of aliphatic imine (C=N–C) groups is 1. The van der Waals surface area contributed by atoms with Crippen LogP contribution in [0, 0.1) is 6.92 Å². The summed E-state index contributed by atoms with van der Waals surface area (Å²) in [7, 11) is 0. The lowest BCUT2D eigenvalue weighted by Crippen LogP contribution is -2.48. The summed E-state index contributed by atoms with van der Waals surface area (Å²) < 4.78 is 0. The minimum absolute atomic E-state index is 0.161. The minimum atomic E-state index is -0.161. The summed E-state index contributed by atoms with van der Waals surface area (Å²) in [5.74, 6) is 0.654. The van der Waals surface area contributed by atoms with E-state index >= 15 is 0 Å². The van der Waals surface area contributed by atoms with Gasteiger partial charge in [-0.2, -0.15) is 4.99 Å². The molecule has 0 N–H and O–H groups in total. The number of carbonyl (C=O) groups excluding carboxylic acids is 1. The Morgan fingerprint density at radius 1 is 1.07 bits per heavy atom. The first-order valence-electron chi connectivity index (χ1n) is 8.80. The summed E-state index contributed by atoms with van der Waals surface area (Å²) in [6.07, 6.45) is 3.66. The van der Waals surface area contributed by atoms with Gasteiger partial charge in [-0.25, -0.2) is 4.98 Å². The van der Waals surface area contributed by atoms with Crippen LogP contribution >= 0.6 is 23.4 Å². The molecule has 138 valence electrons. The van der Waals surface area contributed by atoms with E-state index in [9.17, 15) is 4.79 Å². The quantitative estimate of drug-likeness (QED) is 0.719. The Bertz CT molecular complexity index is 918. The fourth-order valence-electron chi connectivity index (χ4n) is 3.07. The number of pyridine rings is 1. The van der Waals surface area contributed by atoms with E-state index in [1.165, 1.54) is 17.3 Å². The zero-order chi connectivity index (χ0) is 18.8. The topological polar surface area (TPSA) is 48.8 Å². The molecule has 0 spiro atoms. The van der Waals surface area contributed by atoms with Crippen molar-refractivity contribution in [2.45, 2.75) is 6.92 Å². The molecule has 0 aliphatic carbocycles. The van der Waals surface area contributed by atoms with Crippen LogP contribution in [0.25, 0.3) is 6.08 Å². The number of amides is 1. The van der Waals surface area contributed by atoms with Gasteiger partial charge >= 0.3 is 0 Å². The smallest absolute Gasteiger partial charge is 0.286 e. The first-order valence-corrected chi connectivity index (χ1v) is 9.99. The maximum atomic E-state index is 12.3. The van der Waals surface area contributed by atoms with Crippen LogP contribution in [0.4, 0.5) is 5.82 Å². The molecule has 0 radical (unpaired) electrons. The number of halogens is 1. The highest BCUT2D eigenvalue weighted by molar-refractivity contribution is 8.18. The highest BCUT2D eigenvalue weighted by Crippen LogP contribution is 2.31. The second-order valence-electron chi connectivity index (χ2n) is 6.50. The molecule has 1 aromatic heterocycles. The van der Waals surface area contributed by atoms with Crippen LogP contribution in [0.1, 0.15) is 11.1 Å². The highest BCUT2D eigenvalue weighted by Gasteiger charge is 2.29. The Hall–Kier alpha value is -2.31. The van der Waals surface area contributed by atoms with E-state index in [1.807, 2.05) is 49.4 Å². The number of benzene rings is 1. The second-order valence-corrected chi connectivity index (χ2v) is 7.92. The Labute approximate surface area is 167 Å². The summed E-state index contributed by atoms with van der Waals surface area (Å²) in [5, 5.41) is 1.45. The normalized spacial score (nSPS) is 19.0. The zero-order valence-electron chi connectivity index (χ0n) is 14.9. The van der Waals surface area contributed by atoms with Crippen LogP contribution in [0.2, 0.25) is 5.02 Å². The molecule has 0 unspecified atom stereocenters. The van der Waals surface area contributed by atoms with Gasteiger partial charge in [0.2, 0.25) is 0 Å². The van der Waals surface area contributed by atoms with Crippen molar-refractivity contribution in [2.75, 3.05) is 31.1 Å². The molecule has 0 atom stereocenters. The molecule has 2 aromatic rings. The molecule has 0 bridgehead atoms. The fraction of sp³-hybridized carbons (Fsp3) is 0.250. The van der Waals surface area contributed by atoms with E-state index in [4.69, 9.17) is 11.6 Å². The third kappa shape index (κ3) is 4.01. The van der Waals surface area contributed by atoms with E-state index in [-0.39, 0.29) is 5.91 Å². The van der Waals surface area contributed by atoms with Crippen molar-refractivity contribution in [3.8, 4) is 0 Å². The number of aryl methyl sites for hydroxylation is 1. The van der Waals surface area contributed by atoms with Gasteiger partial charge in [0.25, 0.3) is 5.91 Å². The van der Waals surface area contributed by atoms with Crippen molar-refractivity contribution in [3.05, 3.63) is 63.6 Å². The molecule has 7 heteroatoms. The zero-order valence-corrected chi connectivity index (χ0v) is 16.5. The Kier molecular flexibility index (Phi) is 5.18. The lowest BCUT2D eigenvalue weighted by molar-refractivity contribution is -0.113. The van der Waals surface area contributed by atoms with Crippen LogP contribution in [0.15, 0.2) is 52.5 Å². The van der Waals surface area contributed by atoms with Gasteiger partial charge in [-0.3, -0.25) is 4.79 Å². The van der Waals surface area contributed by atoms with Crippen molar-refractivity contribution in [2.24, 2.45) is 4.99 Å². The number of hydrogen-bond donors (Lipinski definition) is 0. The van der Waals surface area contributed by atoms with E-state index in [0.29, 0.717) is 9.93 Å². The van der Waals surface area contributed by atoms with E-state index in [0.717, 1.165) is 42.7 Å². The number of carbonyl (C=O) groups is 1. The molecular weight excluding hydrogens is 380 g/mol. The van der Waals surface area contributed by atoms with Crippen LogP contribution in [0.5, 0.6) is 0 Å². The van der Waals surface area contributed by atoms with Gasteiger partial charge in [0.05, 0.1) is 9.93 Å². The van der Waals surface area contributed by atoms with Crippen molar-refractivity contribution in [3.63, 3.8) is 0 Å². The fourth-order valence-corrected chi connectivity index (χ4v) is 4.27. The molecule has 0 saturated carbocycles. The average Bonchev–Trinajstić information content (AvgIpc) is 3.05. The molecule has 2 aliphatic rings. The Balaban J connectivity index is 1.41. The van der Waals surface area contributed by atoms with Gasteiger partial charge in [-0.15, -0.1) is 0 Å². The summed E-state index contributed by atoms with van der Waals surface area (Å²) in [4.78, 5) is 25.9. The molecule has 27 heavy (non-hydrogen) atoms. The second kappa shape index (κ2) is 7.74. The molecule has 2 aliphatic heterocycles. The lowest BCUT2D eigenvalue weighted by atomic mass is 10.1. The van der Waals surface area contributed by atoms with Gasteiger partial charge < -0.3 is 9.80 Å². The molecule has 5 nitrogen and oxygen atoms in total. The van der Waals surface area contributed by atoms with Gasteiger partial charge in [0.1, 0.15) is 5.82 Å². The minimum Gasteiger partial charge on any atom is -0.352 e. The number of hydrogen-bond acceptors (Lipinski definition) is 5. The third-order valence-electron chi connectivity index (χ3n) is 4.57. The average molecular weight is 399 g/mol. The Morgan fingerprint density at radius 2 is 1.78 bits per heavy atom. The maximum Gasteiger partial charge on any atom is 0.286 e. The lowest BCUT2D eigenvalue weighted by Gasteiger charge is -2.36. The van der Waals surface area contributed by atoms with E-state index < -0.39 is 0 Å². The molecule has 1 amide bonds. The number of piperazine rings is 1. The Morgan fingerprint density at radius 3 is 2.48 bits per heavy atom. The van der Waals surface area contributed by atoms with Crippen LogP contribution in [-0.4, -0.2) is 47.1 Å².